The van der Waals surface area contributed by atoms with Crippen molar-refractivity contribution in [2.75, 3.05) is 60.9 Å². The molecule has 0 aliphatic rings. The summed E-state index contributed by atoms with van der Waals surface area (Å²) in [5, 5.41) is 0. The lowest BCUT2D eigenvalue weighted by atomic mass is 10.3. The molecule has 0 atom stereocenters. The van der Waals surface area contributed by atoms with Gasteiger partial charge in [-0.05, 0) is 41.2 Å². The number of nitrogens with zero attached hydrogens (tertiary/aromatic N) is 3. The molecule has 3 heteroatoms. The first-order valence-corrected chi connectivity index (χ1v) is 5.58. The monoisotopic (exact) mass is 201 g/mol. The Hall–Kier alpha value is -0.120. The van der Waals surface area contributed by atoms with Crippen LogP contribution in [0, 0.1) is 0 Å². The first kappa shape index (κ1) is 13.9. The fourth-order valence-electron chi connectivity index (χ4n) is 1.33. The van der Waals surface area contributed by atoms with E-state index >= 15 is 0 Å². The van der Waals surface area contributed by atoms with E-state index in [1.165, 1.54) is 26.1 Å². The average Bonchev–Trinajstić information content (AvgIpc) is 2.09. The van der Waals surface area contributed by atoms with E-state index < -0.39 is 0 Å². The van der Waals surface area contributed by atoms with Crippen molar-refractivity contribution in [1.29, 1.82) is 0 Å². The molecular weight excluding hydrogens is 174 g/mol. The number of hydrogen-bond acceptors (Lipinski definition) is 3. The standard InChI is InChI=1S/C11H27N3/c1-6-7-14(10-8-12(2)3)11-9-13(4)5/h6-11H2,1-5H3. The highest BCUT2D eigenvalue weighted by Crippen LogP contribution is 1.92. The second kappa shape index (κ2) is 8.21. The highest BCUT2D eigenvalue weighted by molar-refractivity contribution is 4.60. The molecule has 0 saturated heterocycles. The van der Waals surface area contributed by atoms with Gasteiger partial charge in [-0.3, -0.25) is 0 Å². The summed E-state index contributed by atoms with van der Waals surface area (Å²) in [6.07, 6.45) is 1.25. The summed E-state index contributed by atoms with van der Waals surface area (Å²) in [5.74, 6) is 0. The smallest absolute Gasteiger partial charge is 0.0110 e. The molecule has 0 heterocycles. The molecule has 0 saturated carbocycles. The first-order valence-electron chi connectivity index (χ1n) is 5.58. The Morgan fingerprint density at radius 2 is 1.07 bits per heavy atom. The maximum absolute atomic E-state index is 2.54. The normalized spacial score (nSPS) is 12.0. The molecule has 0 bridgehead atoms. The molecule has 0 fully saturated rings. The molecule has 0 rings (SSSR count). The van der Waals surface area contributed by atoms with Gasteiger partial charge in [0.25, 0.3) is 0 Å². The Kier molecular flexibility index (Phi) is 8.14. The van der Waals surface area contributed by atoms with Crippen molar-refractivity contribution in [1.82, 2.24) is 14.7 Å². The van der Waals surface area contributed by atoms with Crippen molar-refractivity contribution in [3.05, 3.63) is 0 Å². The Morgan fingerprint density at radius 3 is 1.36 bits per heavy atom. The van der Waals surface area contributed by atoms with Crippen LogP contribution in [-0.2, 0) is 0 Å². The van der Waals surface area contributed by atoms with Crippen LogP contribution in [0.25, 0.3) is 0 Å². The molecule has 0 unspecified atom stereocenters. The molecule has 86 valence electrons. The van der Waals surface area contributed by atoms with Gasteiger partial charge in [-0.15, -0.1) is 0 Å². The van der Waals surface area contributed by atoms with Crippen LogP contribution < -0.4 is 0 Å². The Morgan fingerprint density at radius 1 is 0.643 bits per heavy atom. The van der Waals surface area contributed by atoms with Gasteiger partial charge in [0, 0.05) is 26.2 Å². The summed E-state index contributed by atoms with van der Waals surface area (Å²) in [6.45, 7) is 8.17. The summed E-state index contributed by atoms with van der Waals surface area (Å²) in [5.41, 5.74) is 0. The van der Waals surface area contributed by atoms with Crippen LogP contribution >= 0.6 is 0 Å². The largest absolute Gasteiger partial charge is 0.308 e. The van der Waals surface area contributed by atoms with Crippen LogP contribution in [0.1, 0.15) is 13.3 Å². The second-order valence-corrected chi connectivity index (χ2v) is 4.45. The highest BCUT2D eigenvalue weighted by atomic mass is 15.2. The molecule has 3 nitrogen and oxygen atoms in total. The third kappa shape index (κ3) is 8.48. The van der Waals surface area contributed by atoms with Gasteiger partial charge in [-0.25, -0.2) is 0 Å². The SMILES string of the molecule is CCCN(CCN(C)C)CCN(C)C. The lowest BCUT2D eigenvalue weighted by Gasteiger charge is -2.24. The number of rotatable bonds is 8. The van der Waals surface area contributed by atoms with Crippen molar-refractivity contribution < 1.29 is 0 Å². The molecule has 0 aromatic carbocycles. The molecule has 0 radical (unpaired) electrons. The minimum atomic E-state index is 1.16. The predicted octanol–water partition coefficient (Wildman–Crippen LogP) is 0.822. The zero-order valence-electron chi connectivity index (χ0n) is 10.6. The van der Waals surface area contributed by atoms with Gasteiger partial charge in [0.05, 0.1) is 0 Å². The van der Waals surface area contributed by atoms with E-state index in [-0.39, 0.29) is 0 Å². The quantitative estimate of drug-likeness (QED) is 0.576. The van der Waals surface area contributed by atoms with Gasteiger partial charge in [-0.1, -0.05) is 6.92 Å². The van der Waals surface area contributed by atoms with Crippen molar-refractivity contribution in [2.24, 2.45) is 0 Å². The summed E-state index contributed by atoms with van der Waals surface area (Å²) < 4.78 is 0. The van der Waals surface area contributed by atoms with Crippen LogP contribution in [0.4, 0.5) is 0 Å². The van der Waals surface area contributed by atoms with Gasteiger partial charge in [0.1, 0.15) is 0 Å². The molecule has 0 spiro atoms. The fraction of sp³-hybridized carbons (Fsp3) is 1.00. The van der Waals surface area contributed by atoms with E-state index in [0.29, 0.717) is 0 Å². The van der Waals surface area contributed by atoms with E-state index in [4.69, 9.17) is 0 Å². The zero-order valence-corrected chi connectivity index (χ0v) is 10.6. The number of hydrogen-bond donors (Lipinski definition) is 0. The Labute approximate surface area is 89.7 Å². The molecule has 0 amide bonds. The van der Waals surface area contributed by atoms with Crippen LogP contribution in [-0.4, -0.2) is 75.6 Å². The third-order valence-corrected chi connectivity index (χ3v) is 2.27. The Balaban J connectivity index is 3.65. The van der Waals surface area contributed by atoms with Crippen LogP contribution in [0.2, 0.25) is 0 Å². The fourth-order valence-corrected chi connectivity index (χ4v) is 1.33. The Bertz CT molecular complexity index is 112. The highest BCUT2D eigenvalue weighted by Gasteiger charge is 2.04. The summed E-state index contributed by atoms with van der Waals surface area (Å²) in [7, 11) is 8.54. The van der Waals surface area contributed by atoms with Crippen LogP contribution in [0.5, 0.6) is 0 Å². The van der Waals surface area contributed by atoms with E-state index in [9.17, 15) is 0 Å². The zero-order chi connectivity index (χ0) is 11.0. The van der Waals surface area contributed by atoms with Gasteiger partial charge in [0.15, 0.2) is 0 Å². The van der Waals surface area contributed by atoms with Gasteiger partial charge < -0.3 is 14.7 Å². The van der Waals surface area contributed by atoms with E-state index in [1.54, 1.807) is 0 Å². The average molecular weight is 201 g/mol. The maximum Gasteiger partial charge on any atom is 0.0110 e. The molecule has 0 aliphatic carbocycles. The lowest BCUT2D eigenvalue weighted by Crippen LogP contribution is -2.36. The summed E-state index contributed by atoms with van der Waals surface area (Å²) in [6, 6.07) is 0. The minimum absolute atomic E-state index is 1.16. The van der Waals surface area contributed by atoms with Crippen molar-refractivity contribution in [2.45, 2.75) is 13.3 Å². The number of likely N-dealkylation sites (N-methyl/N-ethyl adjacent to an activating group) is 2. The molecule has 0 aliphatic heterocycles. The van der Waals surface area contributed by atoms with Crippen LogP contribution in [0.3, 0.4) is 0 Å². The predicted molar refractivity (Wildman–Crippen MR) is 63.8 cm³/mol. The van der Waals surface area contributed by atoms with E-state index in [1.807, 2.05) is 0 Å². The molecular formula is C11H27N3. The molecule has 14 heavy (non-hydrogen) atoms. The van der Waals surface area contributed by atoms with Gasteiger partial charge >= 0.3 is 0 Å². The van der Waals surface area contributed by atoms with Gasteiger partial charge in [0.2, 0.25) is 0 Å². The minimum Gasteiger partial charge on any atom is -0.308 e. The van der Waals surface area contributed by atoms with Crippen molar-refractivity contribution >= 4 is 0 Å². The molecule has 0 N–H and O–H groups in total. The molecule has 0 aromatic heterocycles. The van der Waals surface area contributed by atoms with Crippen molar-refractivity contribution in [3.63, 3.8) is 0 Å². The van der Waals surface area contributed by atoms with Crippen molar-refractivity contribution in [3.8, 4) is 0 Å². The second-order valence-electron chi connectivity index (χ2n) is 4.45. The third-order valence-electron chi connectivity index (χ3n) is 2.27. The maximum atomic E-state index is 2.54. The topological polar surface area (TPSA) is 9.72 Å². The summed E-state index contributed by atoms with van der Waals surface area (Å²) >= 11 is 0. The lowest BCUT2D eigenvalue weighted by molar-refractivity contribution is 0.219. The van der Waals surface area contributed by atoms with Gasteiger partial charge in [-0.2, -0.15) is 0 Å². The van der Waals surface area contributed by atoms with E-state index in [2.05, 4.69) is 49.8 Å². The molecule has 0 aromatic rings. The van der Waals surface area contributed by atoms with Crippen LogP contribution in [0.15, 0.2) is 0 Å². The first-order chi connectivity index (χ1) is 6.56. The summed E-state index contributed by atoms with van der Waals surface area (Å²) in [4.78, 5) is 7.04. The van der Waals surface area contributed by atoms with E-state index in [0.717, 1.165) is 13.1 Å².